The number of fused-ring (bicyclic) bond motifs is 4. The lowest BCUT2D eigenvalue weighted by Gasteiger charge is -2.34. The average Bonchev–Trinajstić information content (AvgIpc) is 2.64. The molecule has 1 N–H and O–H groups in total. The summed E-state index contributed by atoms with van der Waals surface area (Å²) in [4.78, 5) is 0. The monoisotopic (exact) mass is 242 g/mol. The van der Waals surface area contributed by atoms with Gasteiger partial charge in [-0.15, -0.1) is 0 Å². The van der Waals surface area contributed by atoms with Crippen molar-refractivity contribution >= 4 is 0 Å². The van der Waals surface area contributed by atoms with E-state index in [9.17, 15) is 5.11 Å². The largest absolute Gasteiger partial charge is 0.387 e. The normalized spacial score (nSPS) is 51.5. The molecule has 0 unspecified atom stereocenters. The van der Waals surface area contributed by atoms with Gasteiger partial charge in [-0.05, 0) is 20.3 Å². The van der Waals surface area contributed by atoms with E-state index in [1.54, 1.807) is 0 Å². The van der Waals surface area contributed by atoms with E-state index in [0.29, 0.717) is 12.8 Å². The van der Waals surface area contributed by atoms with Crippen molar-refractivity contribution in [1.29, 1.82) is 0 Å². The molecule has 0 aromatic carbocycles. The van der Waals surface area contributed by atoms with Crippen LogP contribution in [0.25, 0.3) is 0 Å². The zero-order valence-electron chi connectivity index (χ0n) is 10.8. The zero-order chi connectivity index (χ0) is 12.3. The fraction of sp³-hybridized carbons (Fsp3) is 1.00. The van der Waals surface area contributed by atoms with Gasteiger partial charge in [-0.1, -0.05) is 13.3 Å². The third-order valence-electron chi connectivity index (χ3n) is 4.19. The third kappa shape index (κ3) is 1.82. The molecular weight excluding hydrogens is 220 g/mol. The average molecular weight is 242 g/mol. The van der Waals surface area contributed by atoms with Crippen LogP contribution in [-0.4, -0.2) is 40.9 Å². The molecule has 3 fully saturated rings. The molecule has 0 radical (unpaired) electrons. The number of hydrogen-bond acceptors (Lipinski definition) is 4. The summed E-state index contributed by atoms with van der Waals surface area (Å²) < 4.78 is 17.7. The van der Waals surface area contributed by atoms with Crippen LogP contribution in [0, 0.1) is 0 Å². The predicted octanol–water partition coefficient (Wildman–Crippen LogP) is 1.60. The van der Waals surface area contributed by atoms with Gasteiger partial charge in [0, 0.05) is 12.8 Å². The smallest absolute Gasteiger partial charge is 0.163 e. The summed E-state index contributed by atoms with van der Waals surface area (Å²) in [7, 11) is 0. The van der Waals surface area contributed by atoms with E-state index in [1.807, 2.05) is 13.8 Å². The van der Waals surface area contributed by atoms with Gasteiger partial charge in [0.2, 0.25) is 0 Å². The van der Waals surface area contributed by atoms with Gasteiger partial charge in [0.25, 0.3) is 0 Å². The molecule has 1 aliphatic carbocycles. The molecule has 1 saturated carbocycles. The van der Waals surface area contributed by atoms with Crippen molar-refractivity contribution in [3.05, 3.63) is 0 Å². The highest BCUT2D eigenvalue weighted by Gasteiger charge is 2.61. The molecule has 2 aliphatic heterocycles. The maximum atomic E-state index is 10.7. The van der Waals surface area contributed by atoms with Crippen molar-refractivity contribution in [2.24, 2.45) is 0 Å². The Morgan fingerprint density at radius 3 is 2.59 bits per heavy atom. The van der Waals surface area contributed by atoms with E-state index in [1.165, 1.54) is 0 Å². The first kappa shape index (κ1) is 11.9. The highest BCUT2D eigenvalue weighted by Crippen LogP contribution is 2.49. The molecule has 0 spiro atoms. The highest BCUT2D eigenvalue weighted by atomic mass is 16.8. The zero-order valence-corrected chi connectivity index (χ0v) is 10.8. The highest BCUT2D eigenvalue weighted by molar-refractivity contribution is 5.08. The van der Waals surface area contributed by atoms with Crippen molar-refractivity contribution in [3.63, 3.8) is 0 Å². The Morgan fingerprint density at radius 1 is 1.18 bits per heavy atom. The minimum Gasteiger partial charge on any atom is -0.387 e. The minimum atomic E-state index is -0.703. The quantitative estimate of drug-likeness (QED) is 0.799. The third-order valence-corrected chi connectivity index (χ3v) is 4.19. The van der Waals surface area contributed by atoms with Crippen LogP contribution in [0.5, 0.6) is 0 Å². The predicted molar refractivity (Wildman–Crippen MR) is 61.6 cm³/mol. The Bertz CT molecular complexity index is 317. The summed E-state index contributed by atoms with van der Waals surface area (Å²) in [6, 6.07) is 0. The molecule has 3 rings (SSSR count). The lowest BCUT2D eigenvalue weighted by molar-refractivity contribution is -0.165. The molecule has 4 nitrogen and oxygen atoms in total. The Kier molecular flexibility index (Phi) is 2.57. The van der Waals surface area contributed by atoms with Crippen LogP contribution < -0.4 is 0 Å². The molecule has 0 aromatic rings. The van der Waals surface area contributed by atoms with Crippen LogP contribution >= 0.6 is 0 Å². The molecule has 98 valence electrons. The lowest BCUT2D eigenvalue weighted by atomic mass is 9.78. The van der Waals surface area contributed by atoms with Crippen LogP contribution in [-0.2, 0) is 14.2 Å². The van der Waals surface area contributed by atoms with Crippen molar-refractivity contribution < 1.29 is 19.3 Å². The van der Waals surface area contributed by atoms with E-state index in [2.05, 4.69) is 6.92 Å². The standard InChI is InChI=1S/C13H22O4/c1-4-5-10-13(14)6-8(15-10)11-9(7-13)16-12(2,3)17-11/h8-11,14H,4-7H2,1-3H3/t8-,9-,10+,11+,13-/m1/s1. The van der Waals surface area contributed by atoms with E-state index in [-0.39, 0.29) is 24.4 Å². The first-order valence-corrected chi connectivity index (χ1v) is 6.67. The Balaban J connectivity index is 1.80. The minimum absolute atomic E-state index is 0.00271. The second-order valence-corrected chi connectivity index (χ2v) is 6.10. The summed E-state index contributed by atoms with van der Waals surface area (Å²) >= 11 is 0. The number of hydrogen-bond donors (Lipinski definition) is 1. The molecule has 5 atom stereocenters. The van der Waals surface area contributed by atoms with Gasteiger partial charge in [-0.3, -0.25) is 0 Å². The van der Waals surface area contributed by atoms with Crippen molar-refractivity contribution in [2.75, 3.05) is 0 Å². The molecular formula is C13H22O4. The van der Waals surface area contributed by atoms with Crippen LogP contribution in [0.2, 0.25) is 0 Å². The van der Waals surface area contributed by atoms with E-state index < -0.39 is 11.4 Å². The van der Waals surface area contributed by atoms with Crippen molar-refractivity contribution in [1.82, 2.24) is 0 Å². The van der Waals surface area contributed by atoms with Crippen LogP contribution in [0.3, 0.4) is 0 Å². The fourth-order valence-corrected chi connectivity index (χ4v) is 3.56. The maximum absolute atomic E-state index is 10.7. The SMILES string of the molecule is CCC[C@@H]1O[C@@H]2C[C@@]1(O)C[C@H]1OC(C)(C)O[C@@H]21. The van der Waals surface area contributed by atoms with Crippen molar-refractivity contribution in [2.45, 2.75) is 82.3 Å². The Labute approximate surface area is 102 Å². The maximum Gasteiger partial charge on any atom is 0.163 e. The molecule has 4 heteroatoms. The summed E-state index contributed by atoms with van der Waals surface area (Å²) in [6.07, 6.45) is 3.21. The molecule has 2 heterocycles. The lowest BCUT2D eigenvalue weighted by Crippen LogP contribution is -2.48. The Hall–Kier alpha value is -0.160. The summed E-state index contributed by atoms with van der Waals surface area (Å²) in [6.45, 7) is 5.96. The topological polar surface area (TPSA) is 47.9 Å². The van der Waals surface area contributed by atoms with E-state index in [0.717, 1.165) is 12.8 Å². The van der Waals surface area contributed by atoms with Gasteiger partial charge in [-0.25, -0.2) is 0 Å². The molecule has 2 saturated heterocycles. The molecule has 3 aliphatic rings. The van der Waals surface area contributed by atoms with E-state index >= 15 is 0 Å². The first-order valence-electron chi connectivity index (χ1n) is 6.67. The van der Waals surface area contributed by atoms with Gasteiger partial charge in [0.1, 0.15) is 6.10 Å². The van der Waals surface area contributed by atoms with Gasteiger partial charge in [-0.2, -0.15) is 0 Å². The number of rotatable bonds is 2. The second kappa shape index (κ2) is 3.67. The molecule has 0 amide bonds. The van der Waals surface area contributed by atoms with Gasteiger partial charge in [0.15, 0.2) is 5.79 Å². The fourth-order valence-electron chi connectivity index (χ4n) is 3.56. The van der Waals surface area contributed by atoms with Gasteiger partial charge >= 0.3 is 0 Å². The molecule has 0 aromatic heterocycles. The number of ether oxygens (including phenoxy) is 3. The van der Waals surface area contributed by atoms with Crippen LogP contribution in [0.15, 0.2) is 0 Å². The summed E-state index contributed by atoms with van der Waals surface area (Å²) in [5.41, 5.74) is -0.703. The van der Waals surface area contributed by atoms with Crippen molar-refractivity contribution in [3.8, 4) is 0 Å². The second-order valence-electron chi connectivity index (χ2n) is 6.10. The summed E-state index contributed by atoms with van der Waals surface area (Å²) in [5.74, 6) is -0.542. The van der Waals surface area contributed by atoms with Gasteiger partial charge < -0.3 is 19.3 Å². The van der Waals surface area contributed by atoms with Crippen LogP contribution in [0.1, 0.15) is 46.5 Å². The van der Waals surface area contributed by atoms with E-state index in [4.69, 9.17) is 14.2 Å². The Morgan fingerprint density at radius 2 is 1.88 bits per heavy atom. The summed E-state index contributed by atoms with van der Waals surface area (Å²) in [5, 5.41) is 10.7. The first-order chi connectivity index (χ1) is 7.93. The van der Waals surface area contributed by atoms with Gasteiger partial charge in [0.05, 0.1) is 23.9 Å². The van der Waals surface area contributed by atoms with Crippen LogP contribution in [0.4, 0.5) is 0 Å². The molecule has 17 heavy (non-hydrogen) atoms. The molecule has 2 bridgehead atoms. The number of aliphatic hydroxyl groups is 1.